The largest absolute Gasteiger partial charge is 0.465 e. The number of pyridine rings is 1. The molecule has 4 nitrogen and oxygen atoms in total. The van der Waals surface area contributed by atoms with Crippen LogP contribution in [0.15, 0.2) is 12.3 Å². The highest BCUT2D eigenvalue weighted by atomic mass is 16.5. The summed E-state index contributed by atoms with van der Waals surface area (Å²) in [6, 6.07) is 2.16. The first kappa shape index (κ1) is 11.1. The summed E-state index contributed by atoms with van der Waals surface area (Å²) in [7, 11) is 1.38. The van der Waals surface area contributed by atoms with Crippen LogP contribution < -0.4 is 5.32 Å². The normalized spacial score (nSPS) is 18.6. The third-order valence-corrected chi connectivity index (χ3v) is 2.90. The van der Waals surface area contributed by atoms with Gasteiger partial charge in [0.25, 0.3) is 0 Å². The number of nitrogens with zero attached hydrogens (tertiary/aromatic N) is 1. The number of hydrogen-bond acceptors (Lipinski definition) is 4. The summed E-state index contributed by atoms with van der Waals surface area (Å²) in [5.41, 5.74) is 2.68. The molecule has 0 saturated heterocycles. The van der Waals surface area contributed by atoms with Gasteiger partial charge < -0.3 is 10.1 Å². The van der Waals surface area contributed by atoms with E-state index in [-0.39, 0.29) is 5.97 Å². The van der Waals surface area contributed by atoms with Gasteiger partial charge in [0.05, 0.1) is 24.4 Å². The number of hydrogen-bond donors (Lipinski definition) is 1. The quantitative estimate of drug-likeness (QED) is 0.770. The molecule has 0 fully saturated rings. The first-order valence-corrected chi connectivity index (χ1v) is 5.44. The Hall–Kier alpha value is -1.42. The van der Waals surface area contributed by atoms with Gasteiger partial charge in [-0.3, -0.25) is 4.98 Å². The Balaban J connectivity index is 2.33. The number of carbonyl (C=O) groups excluding carboxylic acids is 1. The SMILES string of the molecule is COC(=O)c1cnc2c(c1)CN[C@H]2C(C)C. The highest BCUT2D eigenvalue weighted by molar-refractivity contribution is 5.89. The Kier molecular flexibility index (Phi) is 2.92. The smallest absolute Gasteiger partial charge is 0.339 e. The van der Waals surface area contributed by atoms with Gasteiger partial charge in [-0.05, 0) is 17.5 Å². The fourth-order valence-corrected chi connectivity index (χ4v) is 2.04. The van der Waals surface area contributed by atoms with E-state index >= 15 is 0 Å². The molecule has 2 heterocycles. The lowest BCUT2D eigenvalue weighted by Gasteiger charge is -2.14. The van der Waals surface area contributed by atoms with Crippen molar-refractivity contribution in [1.29, 1.82) is 0 Å². The van der Waals surface area contributed by atoms with Crippen molar-refractivity contribution < 1.29 is 9.53 Å². The lowest BCUT2D eigenvalue weighted by molar-refractivity contribution is 0.0600. The molecule has 0 spiro atoms. The van der Waals surface area contributed by atoms with E-state index in [1.807, 2.05) is 6.07 Å². The summed E-state index contributed by atoms with van der Waals surface area (Å²) >= 11 is 0. The Bertz CT molecular complexity index is 415. The lowest BCUT2D eigenvalue weighted by atomic mass is 10.0. The van der Waals surface area contributed by atoms with Gasteiger partial charge in [-0.25, -0.2) is 4.79 Å². The summed E-state index contributed by atoms with van der Waals surface area (Å²) < 4.78 is 4.67. The lowest BCUT2D eigenvalue weighted by Crippen LogP contribution is -2.18. The van der Waals surface area contributed by atoms with Crippen molar-refractivity contribution in [1.82, 2.24) is 10.3 Å². The van der Waals surface area contributed by atoms with Crippen LogP contribution in [0, 0.1) is 5.92 Å². The monoisotopic (exact) mass is 220 g/mol. The van der Waals surface area contributed by atoms with E-state index in [0.29, 0.717) is 17.5 Å². The molecule has 0 radical (unpaired) electrons. The molecule has 4 heteroatoms. The third-order valence-electron chi connectivity index (χ3n) is 2.90. The molecule has 1 N–H and O–H groups in total. The van der Waals surface area contributed by atoms with Crippen LogP contribution >= 0.6 is 0 Å². The van der Waals surface area contributed by atoms with E-state index in [9.17, 15) is 4.79 Å². The first-order valence-electron chi connectivity index (χ1n) is 5.44. The molecule has 1 aromatic rings. The van der Waals surface area contributed by atoms with E-state index in [0.717, 1.165) is 17.8 Å². The van der Waals surface area contributed by atoms with E-state index in [2.05, 4.69) is 28.9 Å². The molecule has 0 unspecified atom stereocenters. The van der Waals surface area contributed by atoms with Crippen LogP contribution in [0.4, 0.5) is 0 Å². The minimum atomic E-state index is -0.330. The molecule has 2 rings (SSSR count). The van der Waals surface area contributed by atoms with E-state index in [1.54, 1.807) is 6.20 Å². The summed E-state index contributed by atoms with van der Waals surface area (Å²) in [6.45, 7) is 5.08. The number of methoxy groups -OCH3 is 1. The fraction of sp³-hybridized carbons (Fsp3) is 0.500. The van der Waals surface area contributed by atoms with Gasteiger partial charge in [0.2, 0.25) is 0 Å². The van der Waals surface area contributed by atoms with Crippen LogP contribution in [0.1, 0.15) is 41.5 Å². The maximum absolute atomic E-state index is 11.3. The topological polar surface area (TPSA) is 51.2 Å². The van der Waals surface area contributed by atoms with Crippen LogP contribution in [0.3, 0.4) is 0 Å². The molecule has 0 bridgehead atoms. The van der Waals surface area contributed by atoms with Crippen LogP contribution in [0.2, 0.25) is 0 Å². The van der Waals surface area contributed by atoms with Gasteiger partial charge in [-0.1, -0.05) is 13.8 Å². The molecule has 1 atom stereocenters. The average molecular weight is 220 g/mol. The zero-order valence-corrected chi connectivity index (χ0v) is 9.78. The molecule has 1 aromatic heterocycles. The summed E-state index contributed by atoms with van der Waals surface area (Å²) in [4.78, 5) is 15.7. The molecular weight excluding hydrogens is 204 g/mol. The number of ether oxygens (including phenoxy) is 1. The minimum absolute atomic E-state index is 0.293. The van der Waals surface area contributed by atoms with Crippen molar-refractivity contribution in [3.63, 3.8) is 0 Å². The van der Waals surface area contributed by atoms with Crippen LogP contribution in [0.25, 0.3) is 0 Å². The van der Waals surface area contributed by atoms with Crippen LogP contribution in [0.5, 0.6) is 0 Å². The maximum Gasteiger partial charge on any atom is 0.339 e. The van der Waals surface area contributed by atoms with Crippen molar-refractivity contribution in [3.8, 4) is 0 Å². The highest BCUT2D eigenvalue weighted by Crippen LogP contribution is 2.29. The second kappa shape index (κ2) is 4.22. The van der Waals surface area contributed by atoms with E-state index in [1.165, 1.54) is 7.11 Å². The number of carbonyl (C=O) groups is 1. The Morgan fingerprint density at radius 1 is 1.62 bits per heavy atom. The van der Waals surface area contributed by atoms with Crippen molar-refractivity contribution in [2.45, 2.75) is 26.4 Å². The maximum atomic E-state index is 11.3. The van der Waals surface area contributed by atoms with Crippen LogP contribution in [-0.2, 0) is 11.3 Å². The summed E-state index contributed by atoms with van der Waals surface area (Å²) in [6.07, 6.45) is 1.59. The predicted molar refractivity (Wildman–Crippen MR) is 60.0 cm³/mol. The Labute approximate surface area is 95.0 Å². The zero-order chi connectivity index (χ0) is 11.7. The number of aromatic nitrogens is 1. The molecule has 16 heavy (non-hydrogen) atoms. The van der Waals surface area contributed by atoms with Gasteiger partial charge in [0, 0.05) is 12.7 Å². The average Bonchev–Trinajstić information content (AvgIpc) is 2.70. The number of fused-ring (bicyclic) bond motifs is 1. The van der Waals surface area contributed by atoms with Gasteiger partial charge in [-0.15, -0.1) is 0 Å². The van der Waals surface area contributed by atoms with Gasteiger partial charge in [0.1, 0.15) is 0 Å². The minimum Gasteiger partial charge on any atom is -0.465 e. The van der Waals surface area contributed by atoms with Crippen molar-refractivity contribution in [2.24, 2.45) is 5.92 Å². The molecule has 86 valence electrons. The molecule has 0 aliphatic carbocycles. The zero-order valence-electron chi connectivity index (χ0n) is 9.78. The number of rotatable bonds is 2. The predicted octanol–water partition coefficient (Wildman–Crippen LogP) is 1.67. The van der Waals surface area contributed by atoms with Crippen molar-refractivity contribution in [2.75, 3.05) is 7.11 Å². The number of nitrogens with one attached hydrogen (secondary N) is 1. The first-order chi connectivity index (χ1) is 7.63. The van der Waals surface area contributed by atoms with Crippen LogP contribution in [-0.4, -0.2) is 18.1 Å². The van der Waals surface area contributed by atoms with E-state index in [4.69, 9.17) is 0 Å². The molecule has 0 aromatic carbocycles. The van der Waals surface area contributed by atoms with E-state index < -0.39 is 0 Å². The van der Waals surface area contributed by atoms with Gasteiger partial charge in [-0.2, -0.15) is 0 Å². The second-order valence-corrected chi connectivity index (χ2v) is 4.36. The molecule has 1 aliphatic rings. The molecular formula is C12H16N2O2. The van der Waals surface area contributed by atoms with Crippen molar-refractivity contribution in [3.05, 3.63) is 29.1 Å². The molecule has 1 aliphatic heterocycles. The summed E-state index contributed by atoms with van der Waals surface area (Å²) in [5, 5.41) is 3.39. The second-order valence-electron chi connectivity index (χ2n) is 4.36. The highest BCUT2D eigenvalue weighted by Gasteiger charge is 2.26. The third kappa shape index (κ3) is 1.80. The standard InChI is InChI=1S/C12H16N2O2/c1-7(2)10-11-8(5-13-10)4-9(6-14-11)12(15)16-3/h4,6-7,10,13H,5H2,1-3H3/t10-/m0/s1. The van der Waals surface area contributed by atoms with Gasteiger partial charge >= 0.3 is 5.97 Å². The molecule has 0 saturated carbocycles. The fourth-order valence-electron chi connectivity index (χ4n) is 2.04. The number of esters is 1. The Morgan fingerprint density at radius 2 is 2.38 bits per heavy atom. The van der Waals surface area contributed by atoms with Crippen molar-refractivity contribution >= 4 is 5.97 Å². The Morgan fingerprint density at radius 3 is 3.00 bits per heavy atom. The van der Waals surface area contributed by atoms with Gasteiger partial charge in [0.15, 0.2) is 0 Å². The summed E-state index contributed by atoms with van der Waals surface area (Å²) in [5.74, 6) is 0.168. The molecule has 0 amide bonds.